The van der Waals surface area contributed by atoms with Gasteiger partial charge >= 0.3 is 0 Å². The van der Waals surface area contributed by atoms with Crippen LogP contribution < -0.4 is 0 Å². The van der Waals surface area contributed by atoms with E-state index in [1.165, 1.54) is 31.9 Å². The number of aromatic nitrogens is 4. The van der Waals surface area contributed by atoms with Crippen molar-refractivity contribution in [3.8, 4) is 28.5 Å². The molecule has 5 aromatic heterocycles. The van der Waals surface area contributed by atoms with E-state index in [0.717, 1.165) is 28.5 Å². The van der Waals surface area contributed by atoms with Crippen LogP contribution in [-0.4, -0.2) is 19.5 Å². The van der Waals surface area contributed by atoms with Gasteiger partial charge in [0.2, 0.25) is 0 Å². The number of fused-ring (bicyclic) bond motifs is 5. The Bertz CT molecular complexity index is 1740. The number of benzene rings is 2. The summed E-state index contributed by atoms with van der Waals surface area (Å²) in [5, 5.41) is 5.91. The zero-order chi connectivity index (χ0) is 22.5. The van der Waals surface area contributed by atoms with Crippen LogP contribution in [0.15, 0.2) is 109 Å². The van der Waals surface area contributed by atoms with Crippen LogP contribution in [0.4, 0.5) is 0 Å². The Morgan fingerprint density at radius 3 is 2.00 bits per heavy atom. The molecule has 0 N–H and O–H groups in total. The van der Waals surface area contributed by atoms with E-state index in [-0.39, 0.29) is 0 Å². The van der Waals surface area contributed by atoms with Gasteiger partial charge in [-0.25, -0.2) is 4.98 Å². The number of rotatable bonds is 3. The molecular formula is C29H18N4S. The largest absolute Gasteiger partial charge is 0.308 e. The van der Waals surface area contributed by atoms with E-state index in [2.05, 4.69) is 74.5 Å². The van der Waals surface area contributed by atoms with Gasteiger partial charge in [-0.15, -0.1) is 11.3 Å². The molecule has 0 radical (unpaired) electrons. The van der Waals surface area contributed by atoms with Gasteiger partial charge < -0.3 is 4.57 Å². The summed E-state index contributed by atoms with van der Waals surface area (Å²) in [5.74, 6) is 0. The predicted octanol–water partition coefficient (Wildman–Crippen LogP) is 7.52. The van der Waals surface area contributed by atoms with Crippen molar-refractivity contribution < 1.29 is 0 Å². The van der Waals surface area contributed by atoms with Crippen molar-refractivity contribution >= 4 is 43.2 Å². The summed E-state index contributed by atoms with van der Waals surface area (Å²) in [6.45, 7) is 0. The van der Waals surface area contributed by atoms with Gasteiger partial charge in [0.15, 0.2) is 0 Å². The van der Waals surface area contributed by atoms with Gasteiger partial charge in [-0.05, 0) is 60.0 Å². The summed E-state index contributed by atoms with van der Waals surface area (Å²) >= 11 is 1.77. The van der Waals surface area contributed by atoms with Gasteiger partial charge in [0.25, 0.3) is 0 Å². The first-order valence-corrected chi connectivity index (χ1v) is 12.0. The van der Waals surface area contributed by atoms with E-state index in [1.807, 2.05) is 36.4 Å². The Balaban J connectivity index is 1.62. The minimum atomic E-state index is 0.821. The third-order valence-electron chi connectivity index (χ3n) is 6.19. The zero-order valence-corrected chi connectivity index (χ0v) is 18.9. The second-order valence-corrected chi connectivity index (χ2v) is 9.12. The molecule has 0 aliphatic carbocycles. The van der Waals surface area contributed by atoms with Crippen molar-refractivity contribution in [3.63, 3.8) is 0 Å². The summed E-state index contributed by atoms with van der Waals surface area (Å²) in [7, 11) is 0. The molecule has 0 aliphatic heterocycles. The minimum absolute atomic E-state index is 0.821. The van der Waals surface area contributed by atoms with Crippen LogP contribution in [-0.2, 0) is 0 Å². The van der Waals surface area contributed by atoms with Crippen molar-refractivity contribution in [2.24, 2.45) is 0 Å². The van der Waals surface area contributed by atoms with Crippen molar-refractivity contribution in [2.75, 3.05) is 0 Å². The fourth-order valence-corrected chi connectivity index (χ4v) is 5.50. The van der Waals surface area contributed by atoms with Gasteiger partial charge in [0.05, 0.1) is 39.5 Å². The summed E-state index contributed by atoms with van der Waals surface area (Å²) < 4.78 is 3.64. The van der Waals surface area contributed by atoms with Crippen molar-refractivity contribution in [1.82, 2.24) is 19.5 Å². The molecule has 7 rings (SSSR count). The highest BCUT2D eigenvalue weighted by Gasteiger charge is 2.17. The zero-order valence-electron chi connectivity index (χ0n) is 18.1. The molecule has 2 aromatic carbocycles. The highest BCUT2D eigenvalue weighted by Crippen LogP contribution is 2.39. The summed E-state index contributed by atoms with van der Waals surface area (Å²) in [6.07, 6.45) is 3.61. The smallest absolute Gasteiger partial charge is 0.0915 e. The second kappa shape index (κ2) is 7.61. The van der Waals surface area contributed by atoms with E-state index in [4.69, 9.17) is 4.98 Å². The van der Waals surface area contributed by atoms with Crippen molar-refractivity contribution in [2.45, 2.75) is 0 Å². The lowest BCUT2D eigenvalue weighted by Gasteiger charge is -2.13. The standard InChI is InChI=1S/C29H18N4S/c1-2-10-27-20(7-1)21-11-12-28-22(13-16-34-28)29(21)33(27)19-17-25(23-8-3-5-14-30-23)32-26(18-19)24-9-4-6-15-31-24/h1-18H. The molecule has 0 amide bonds. The van der Waals surface area contributed by atoms with Crippen LogP contribution in [0.5, 0.6) is 0 Å². The van der Waals surface area contributed by atoms with E-state index < -0.39 is 0 Å². The molecule has 0 spiro atoms. The first kappa shape index (κ1) is 19.1. The number of para-hydroxylation sites is 1. The number of hydrogen-bond donors (Lipinski definition) is 0. The molecule has 0 atom stereocenters. The average Bonchev–Trinajstić information content (AvgIpc) is 3.52. The number of nitrogens with zero attached hydrogens (tertiary/aromatic N) is 4. The first-order valence-electron chi connectivity index (χ1n) is 11.1. The van der Waals surface area contributed by atoms with Crippen LogP contribution in [0.25, 0.3) is 60.4 Å². The molecule has 0 fully saturated rings. The number of pyridine rings is 3. The topological polar surface area (TPSA) is 43.6 Å². The fraction of sp³-hybridized carbons (Fsp3) is 0. The maximum atomic E-state index is 4.96. The molecule has 0 saturated carbocycles. The molecule has 7 aromatic rings. The van der Waals surface area contributed by atoms with Gasteiger partial charge in [-0.2, -0.15) is 0 Å². The monoisotopic (exact) mass is 454 g/mol. The quantitative estimate of drug-likeness (QED) is 0.277. The fourth-order valence-electron chi connectivity index (χ4n) is 4.71. The minimum Gasteiger partial charge on any atom is -0.308 e. The van der Waals surface area contributed by atoms with Crippen LogP contribution >= 0.6 is 11.3 Å². The molecule has 34 heavy (non-hydrogen) atoms. The Morgan fingerprint density at radius 1 is 0.588 bits per heavy atom. The Hall–Kier alpha value is -4.35. The molecule has 0 bridgehead atoms. The third kappa shape index (κ3) is 2.95. The average molecular weight is 455 g/mol. The highest BCUT2D eigenvalue weighted by atomic mass is 32.1. The van der Waals surface area contributed by atoms with E-state index in [0.29, 0.717) is 0 Å². The maximum Gasteiger partial charge on any atom is 0.0915 e. The lowest BCUT2D eigenvalue weighted by molar-refractivity contribution is 1.15. The molecule has 5 heteroatoms. The molecule has 4 nitrogen and oxygen atoms in total. The van der Waals surface area contributed by atoms with Crippen molar-refractivity contribution in [3.05, 3.63) is 109 Å². The second-order valence-electron chi connectivity index (χ2n) is 8.17. The van der Waals surface area contributed by atoms with Gasteiger partial charge in [0.1, 0.15) is 0 Å². The predicted molar refractivity (Wildman–Crippen MR) is 140 cm³/mol. The number of hydrogen-bond acceptors (Lipinski definition) is 4. The molecule has 5 heterocycles. The molecule has 0 saturated heterocycles. The Morgan fingerprint density at radius 2 is 1.29 bits per heavy atom. The Kier molecular flexibility index (Phi) is 4.29. The first-order chi connectivity index (χ1) is 16.9. The maximum absolute atomic E-state index is 4.96. The number of thiophene rings is 1. The summed E-state index contributed by atoms with van der Waals surface area (Å²) in [4.78, 5) is 14.1. The van der Waals surface area contributed by atoms with Crippen molar-refractivity contribution in [1.29, 1.82) is 0 Å². The summed E-state index contributed by atoms with van der Waals surface area (Å²) in [6, 6.07) is 31.4. The van der Waals surface area contributed by atoms with E-state index >= 15 is 0 Å². The lowest BCUT2D eigenvalue weighted by Crippen LogP contribution is -1.99. The highest BCUT2D eigenvalue weighted by molar-refractivity contribution is 7.17. The van der Waals surface area contributed by atoms with Gasteiger partial charge in [0, 0.05) is 33.3 Å². The SMILES string of the molecule is c1ccc(-c2cc(-n3c4ccccc4c4ccc5sccc5c43)cc(-c3ccccn3)n2)nc1. The van der Waals surface area contributed by atoms with Gasteiger partial charge in [-0.3, -0.25) is 9.97 Å². The molecule has 160 valence electrons. The van der Waals surface area contributed by atoms with Crippen LogP contribution in [0.2, 0.25) is 0 Å². The third-order valence-corrected chi connectivity index (χ3v) is 7.07. The Labute approximate surface area is 199 Å². The van der Waals surface area contributed by atoms with E-state index in [1.54, 1.807) is 23.7 Å². The normalized spacial score (nSPS) is 11.5. The molecular weight excluding hydrogens is 436 g/mol. The summed E-state index contributed by atoms with van der Waals surface area (Å²) in [5.41, 5.74) is 6.74. The molecule has 0 unspecified atom stereocenters. The molecule has 0 aliphatic rings. The van der Waals surface area contributed by atoms with Crippen LogP contribution in [0.3, 0.4) is 0 Å². The van der Waals surface area contributed by atoms with E-state index in [9.17, 15) is 0 Å². The van der Waals surface area contributed by atoms with Crippen LogP contribution in [0, 0.1) is 0 Å². The van der Waals surface area contributed by atoms with Gasteiger partial charge in [-0.1, -0.05) is 36.4 Å². The lowest BCUT2D eigenvalue weighted by atomic mass is 10.1. The van der Waals surface area contributed by atoms with Crippen LogP contribution in [0.1, 0.15) is 0 Å².